The van der Waals surface area contributed by atoms with Crippen molar-refractivity contribution in [3.63, 3.8) is 0 Å². The van der Waals surface area contributed by atoms with E-state index in [9.17, 15) is 33.9 Å². The lowest BCUT2D eigenvalue weighted by Gasteiger charge is -2.28. The lowest BCUT2D eigenvalue weighted by Crippen LogP contribution is -2.36. The van der Waals surface area contributed by atoms with Gasteiger partial charge in [-0.05, 0) is 6.07 Å². The molecule has 0 radical (unpaired) electrons. The Balaban J connectivity index is 0.00000338. The highest BCUT2D eigenvalue weighted by Crippen LogP contribution is 2.52. The van der Waals surface area contributed by atoms with Crippen molar-refractivity contribution in [3.8, 4) is 0 Å². The number of nitrogens with zero attached hydrogens (tertiary/aromatic N) is 2. The maximum absolute atomic E-state index is 11.7. The number of quaternary nitrogens is 2. The number of phosphoric ester groups is 1. The first kappa shape index (κ1) is 25.7. The van der Waals surface area contributed by atoms with Crippen LogP contribution in [0.15, 0.2) is 17.1 Å². The van der Waals surface area contributed by atoms with Gasteiger partial charge in [0, 0.05) is 6.20 Å². The molecule has 158 valence electrons. The number of ether oxygens (including phenoxy) is 1. The fourth-order valence-corrected chi connectivity index (χ4v) is 3.56. The first-order valence-electron chi connectivity index (χ1n) is 6.46. The summed E-state index contributed by atoms with van der Waals surface area (Å²) in [5, 5.41) is 19.8. The summed E-state index contributed by atoms with van der Waals surface area (Å²) in [6.07, 6.45) is -5.12. The Hall–Kier alpha value is -1.26. The molecule has 27 heavy (non-hydrogen) atoms. The summed E-state index contributed by atoms with van der Waals surface area (Å²) in [5.41, 5.74) is 4.42. The Kier molecular flexibility index (Phi) is 8.86. The number of rotatable bonds is 6. The van der Waals surface area contributed by atoms with E-state index in [1.54, 1.807) is 0 Å². The van der Waals surface area contributed by atoms with Crippen molar-refractivity contribution in [3.05, 3.63) is 22.7 Å². The molecule has 6 atom stereocenters. The van der Waals surface area contributed by atoms with Gasteiger partial charge in [-0.3, -0.25) is 13.7 Å². The number of aromatic nitrogens is 2. The molecule has 1 aromatic rings. The van der Waals surface area contributed by atoms with Crippen molar-refractivity contribution >= 4 is 21.5 Å². The molecule has 2 heterocycles. The monoisotopic (exact) mass is 437 g/mol. The van der Waals surface area contributed by atoms with Crippen LogP contribution in [0.25, 0.3) is 0 Å². The lowest BCUT2D eigenvalue weighted by atomic mass is 10.1. The summed E-state index contributed by atoms with van der Waals surface area (Å²) in [4.78, 5) is 45.1. The van der Waals surface area contributed by atoms with Crippen molar-refractivity contribution in [1.82, 2.24) is 21.9 Å². The molecule has 1 aliphatic rings. The largest absolute Gasteiger partial charge is 0.756 e. The highest BCUT2D eigenvalue weighted by atomic mass is 31.3. The second-order valence-electron chi connectivity index (χ2n) is 4.88. The number of nitrogen functional groups attached to an aromatic ring is 1. The fraction of sp³-hybridized carbons (Fsp3) is 0.556. The minimum atomic E-state index is -5.62. The molecule has 0 aliphatic carbocycles. The van der Waals surface area contributed by atoms with Gasteiger partial charge in [0.25, 0.3) is 15.6 Å². The number of hydrogen-bond acceptors (Lipinski definition) is 12. The van der Waals surface area contributed by atoms with Gasteiger partial charge in [-0.15, -0.1) is 0 Å². The van der Waals surface area contributed by atoms with E-state index < -0.39 is 52.5 Å². The van der Waals surface area contributed by atoms with Crippen LogP contribution in [-0.4, -0.2) is 49.6 Å². The molecule has 0 spiro atoms. The van der Waals surface area contributed by atoms with Crippen molar-refractivity contribution in [2.45, 2.75) is 24.5 Å². The smallest absolute Gasteiger partial charge is 0.351 e. The average molecular weight is 437 g/mol. The zero-order valence-electron chi connectivity index (χ0n) is 14.1. The fourth-order valence-electron chi connectivity index (χ4n) is 2.03. The molecule has 1 saturated heterocycles. The van der Waals surface area contributed by atoms with Crippen molar-refractivity contribution in [2.24, 2.45) is 0 Å². The molecule has 2 rings (SSSR count). The molecule has 1 aliphatic heterocycles. The van der Waals surface area contributed by atoms with Crippen LogP contribution in [0.2, 0.25) is 0 Å². The van der Waals surface area contributed by atoms with E-state index in [0.717, 1.165) is 10.8 Å². The van der Waals surface area contributed by atoms with Crippen LogP contribution < -0.4 is 33.5 Å². The lowest BCUT2D eigenvalue weighted by molar-refractivity contribution is -0.242. The number of anilines is 1. The van der Waals surface area contributed by atoms with Crippen molar-refractivity contribution in [2.75, 3.05) is 12.3 Å². The summed E-state index contributed by atoms with van der Waals surface area (Å²) in [6, 6.07) is 1.22. The summed E-state index contributed by atoms with van der Waals surface area (Å²) < 4.78 is 35.1. The third kappa shape index (κ3) is 6.69. The molecule has 0 amide bonds. The van der Waals surface area contributed by atoms with Crippen LogP contribution in [0.4, 0.5) is 5.82 Å². The third-order valence-corrected chi connectivity index (χ3v) is 5.15. The molecule has 0 saturated carbocycles. The van der Waals surface area contributed by atoms with E-state index in [4.69, 9.17) is 15.4 Å². The molecule has 18 heteroatoms. The first-order chi connectivity index (χ1) is 11.4. The van der Waals surface area contributed by atoms with Gasteiger partial charge in [0.2, 0.25) is 0 Å². The molecular weight excluding hydrogens is 416 g/mol. The topological polar surface area (TPSA) is 303 Å². The number of aliphatic hydroxyl groups is 2. The molecule has 1 aromatic heterocycles. The molecular formula is C9H21N5O11P2. The Labute approximate surface area is 151 Å². The Bertz CT molecular complexity index is 784. The van der Waals surface area contributed by atoms with Crippen LogP contribution >= 0.6 is 15.6 Å². The Morgan fingerprint density at radius 3 is 2.41 bits per heavy atom. The number of aliphatic hydroxyl groups excluding tert-OH is 2. The summed E-state index contributed by atoms with van der Waals surface area (Å²) in [5.74, 6) is -0.0929. The van der Waals surface area contributed by atoms with Gasteiger partial charge >= 0.3 is 5.69 Å². The summed E-state index contributed by atoms with van der Waals surface area (Å²) >= 11 is 0. The van der Waals surface area contributed by atoms with E-state index in [0.29, 0.717) is 0 Å². The third-order valence-electron chi connectivity index (χ3n) is 3.06. The van der Waals surface area contributed by atoms with Gasteiger partial charge in [-0.25, -0.2) is 9.11 Å². The van der Waals surface area contributed by atoms with E-state index >= 15 is 0 Å². The Morgan fingerprint density at radius 2 is 1.89 bits per heavy atom. The molecule has 1 fully saturated rings. The van der Waals surface area contributed by atoms with E-state index in [1.807, 2.05) is 0 Å². The predicted molar refractivity (Wildman–Crippen MR) is 85.3 cm³/mol. The highest BCUT2D eigenvalue weighted by molar-refractivity contribution is 7.59. The normalized spacial score (nSPS) is 29.1. The summed E-state index contributed by atoms with van der Waals surface area (Å²) in [7, 11) is -11.1. The van der Waals surface area contributed by atoms with Gasteiger partial charge in [0.05, 0.1) is 6.61 Å². The Morgan fingerprint density at radius 1 is 1.30 bits per heavy atom. The van der Waals surface area contributed by atoms with Crippen LogP contribution in [0.1, 0.15) is 6.23 Å². The van der Waals surface area contributed by atoms with Gasteiger partial charge < -0.3 is 52.2 Å². The van der Waals surface area contributed by atoms with Crippen LogP contribution in [-0.2, 0) is 22.7 Å². The zero-order valence-corrected chi connectivity index (χ0v) is 15.9. The average Bonchev–Trinajstić information content (AvgIpc) is 2.71. The molecule has 16 nitrogen and oxygen atoms in total. The molecule has 0 bridgehead atoms. The van der Waals surface area contributed by atoms with E-state index in [2.05, 4.69) is 13.8 Å². The summed E-state index contributed by atoms with van der Waals surface area (Å²) in [6.45, 7) is -0.966. The van der Waals surface area contributed by atoms with Gasteiger partial charge in [0.15, 0.2) is 6.23 Å². The van der Waals surface area contributed by atoms with Gasteiger partial charge in [-0.1, -0.05) is 0 Å². The van der Waals surface area contributed by atoms with Crippen LogP contribution in [0.5, 0.6) is 0 Å². The molecule has 13 N–H and O–H groups in total. The number of hydrogen-bond donors (Lipinski definition) is 6. The zero-order chi connectivity index (χ0) is 19.0. The highest BCUT2D eigenvalue weighted by Gasteiger charge is 2.44. The van der Waals surface area contributed by atoms with Crippen molar-refractivity contribution in [1.29, 1.82) is 0 Å². The maximum atomic E-state index is 11.7. The standard InChI is InChI=1S/C9H15N3O11P2.2H3N/c10-5-1-2-12(9(15)11-5)8-7(14)6(13)4(22-8)3-21-25(19,20)23-24(16,17)18;;/h1-2,4,6-8,13-14H,3H2,(H,19,20)(H2,10,11,15)(H2,16,17,18);2*1H3/t4-,6-,7-,8-;;/m1../s1. The minimum absolute atomic E-state index is 0. The van der Waals surface area contributed by atoms with Gasteiger partial charge in [0.1, 0.15) is 24.1 Å². The quantitative estimate of drug-likeness (QED) is 0.244. The van der Waals surface area contributed by atoms with E-state index in [1.165, 1.54) is 6.07 Å². The predicted octanol–water partition coefficient (Wildman–Crippen LogP) is -2.84. The number of phosphoric acid groups is 2. The second kappa shape index (κ2) is 9.29. The molecule has 2 unspecified atom stereocenters. The van der Waals surface area contributed by atoms with Crippen molar-refractivity contribution < 1.29 is 47.6 Å². The van der Waals surface area contributed by atoms with E-state index in [-0.39, 0.29) is 18.1 Å². The SMILES string of the molecule is Nc1ccn([C@@H]2O[C@H](COP(=O)([O-])OP(=O)([O-])O)[C@@H](O)[C@H]2O)c(=O)n1.[NH4+].[NH4+]. The second-order valence-corrected chi connectivity index (χ2v) is 7.62. The maximum Gasteiger partial charge on any atom is 0.351 e. The molecule has 0 aromatic carbocycles. The van der Waals surface area contributed by atoms with Gasteiger partial charge in [-0.2, -0.15) is 4.98 Å². The number of nitrogens with two attached hydrogens (primary N) is 1. The van der Waals surface area contributed by atoms with Crippen LogP contribution in [0, 0.1) is 0 Å². The van der Waals surface area contributed by atoms with Crippen LogP contribution in [0.3, 0.4) is 0 Å². The minimum Gasteiger partial charge on any atom is -0.756 e. The first-order valence-corrected chi connectivity index (χ1v) is 9.42.